The van der Waals surface area contributed by atoms with Gasteiger partial charge in [-0.05, 0) is 126 Å². The topological polar surface area (TPSA) is 288 Å². The van der Waals surface area contributed by atoms with Gasteiger partial charge >= 0.3 is 12.2 Å². The van der Waals surface area contributed by atoms with Crippen molar-refractivity contribution < 1.29 is 37.0 Å². The van der Waals surface area contributed by atoms with Crippen molar-refractivity contribution >= 4 is 88.9 Å². The lowest BCUT2D eigenvalue weighted by molar-refractivity contribution is 0.0678. The molecular formula is C71H92N16O8S3Si2. The van der Waals surface area contributed by atoms with E-state index < -0.39 is 26.0 Å². The van der Waals surface area contributed by atoms with Gasteiger partial charge in [-0.3, -0.25) is 0 Å². The van der Waals surface area contributed by atoms with Crippen LogP contribution in [0, 0.1) is 27.7 Å². The van der Waals surface area contributed by atoms with Gasteiger partial charge in [-0.1, -0.05) is 123 Å². The molecular weight excluding hydrogens is 1360 g/mol. The van der Waals surface area contributed by atoms with E-state index in [-0.39, 0.29) is 48.1 Å². The van der Waals surface area contributed by atoms with Crippen molar-refractivity contribution in [2.75, 3.05) is 37.9 Å². The monoisotopic (exact) mass is 1450 g/mol. The number of aryl methyl sites for hydroxylation is 4. The molecule has 29 heteroatoms. The zero-order valence-corrected chi connectivity index (χ0v) is 63.9. The second kappa shape index (κ2) is 33.0. The van der Waals surface area contributed by atoms with E-state index in [1.165, 1.54) is 28.9 Å². The van der Waals surface area contributed by atoms with Gasteiger partial charge in [-0.15, -0.1) is 20.4 Å². The van der Waals surface area contributed by atoms with Crippen LogP contribution in [0.5, 0.6) is 0 Å². The first-order chi connectivity index (χ1) is 47.6. The fraction of sp³-hybridized carbons (Fsp3) is 0.437. The number of carbonyl (C=O) groups is 2. The highest BCUT2D eigenvalue weighted by atomic mass is 32.2. The highest BCUT2D eigenvalue weighted by Crippen LogP contribution is 2.36. The first-order valence-electron chi connectivity index (χ1n) is 33.7. The summed E-state index contributed by atoms with van der Waals surface area (Å²) < 4.78 is 51.3. The van der Waals surface area contributed by atoms with E-state index in [4.69, 9.17) is 39.6 Å². The van der Waals surface area contributed by atoms with Gasteiger partial charge in [0, 0.05) is 120 Å². The number of nitrogens with zero attached hydrogens (tertiary/aromatic N) is 14. The van der Waals surface area contributed by atoms with Crippen LogP contribution in [0.15, 0.2) is 115 Å². The Morgan fingerprint density at radius 2 is 1.05 bits per heavy atom. The quantitative estimate of drug-likeness (QED) is 0.0384. The van der Waals surface area contributed by atoms with Gasteiger partial charge in [0.2, 0.25) is 20.9 Å². The summed E-state index contributed by atoms with van der Waals surface area (Å²) in [5, 5.41) is 25.3. The van der Waals surface area contributed by atoms with Crippen LogP contribution in [-0.2, 0) is 55.5 Å². The van der Waals surface area contributed by atoms with Crippen LogP contribution in [0.25, 0.3) is 66.0 Å². The third-order valence-electron chi connectivity index (χ3n) is 17.2. The first kappa shape index (κ1) is 74.4. The zero-order valence-electron chi connectivity index (χ0n) is 59.4. The lowest BCUT2D eigenvalue weighted by Gasteiger charge is -2.37. The number of amides is 2. The molecule has 2 fully saturated rings. The smallest absolute Gasteiger partial charge is 0.410 e. The number of nitrogens with one attached hydrogen (secondary N) is 1. The Labute approximate surface area is 595 Å². The van der Waals surface area contributed by atoms with Crippen molar-refractivity contribution in [3.05, 3.63) is 142 Å². The lowest BCUT2D eigenvalue weighted by Crippen LogP contribution is -2.50. The van der Waals surface area contributed by atoms with Gasteiger partial charge in [-0.25, -0.2) is 47.9 Å². The largest absolute Gasteiger partial charge is 0.445 e. The summed E-state index contributed by atoms with van der Waals surface area (Å²) in [4.78, 5) is 56.5. The highest BCUT2D eigenvalue weighted by Gasteiger charge is 2.32. The molecule has 10 heterocycles. The Balaban J connectivity index is 0.000000180. The number of benzene rings is 2. The van der Waals surface area contributed by atoms with Gasteiger partial charge in [0.25, 0.3) is 0 Å². The lowest BCUT2D eigenvalue weighted by atomic mass is 10.00. The molecule has 2 aromatic carbocycles. The van der Waals surface area contributed by atoms with E-state index >= 15 is 0 Å². The van der Waals surface area contributed by atoms with Gasteiger partial charge in [0.15, 0.2) is 10.0 Å². The number of pyridine rings is 2. The summed E-state index contributed by atoms with van der Waals surface area (Å²) in [6.07, 6.45) is 11.6. The number of sulfone groups is 1. The van der Waals surface area contributed by atoms with Gasteiger partial charge in [0.1, 0.15) is 59.4 Å². The third kappa shape index (κ3) is 20.0. The van der Waals surface area contributed by atoms with Gasteiger partial charge in [-0.2, -0.15) is 0 Å². The second-order valence-electron chi connectivity index (χ2n) is 28.1. The van der Waals surface area contributed by atoms with Gasteiger partial charge < -0.3 is 48.9 Å². The maximum Gasteiger partial charge on any atom is 0.410 e. The van der Waals surface area contributed by atoms with Crippen LogP contribution in [0.4, 0.5) is 15.5 Å². The number of carbonyl (C=O) groups excluding carboxylic acids is 2. The van der Waals surface area contributed by atoms with E-state index in [1.807, 2.05) is 130 Å². The fourth-order valence-electron chi connectivity index (χ4n) is 11.3. The molecule has 4 atom stereocenters. The predicted molar refractivity (Wildman–Crippen MR) is 399 cm³/mol. The fourth-order valence-corrected chi connectivity index (χ4v) is 14.7. The van der Waals surface area contributed by atoms with E-state index in [0.717, 1.165) is 131 Å². The number of likely N-dealkylation sites (tertiary alicyclic amines) is 2. The van der Waals surface area contributed by atoms with Crippen LogP contribution in [0.2, 0.25) is 51.4 Å². The Kier molecular flexibility index (Phi) is 24.6. The molecule has 0 radical (unpaired) electrons. The molecule has 10 aromatic rings. The molecule has 8 aromatic heterocycles. The number of nitrogens with two attached hydrogens (primary N) is 1. The van der Waals surface area contributed by atoms with E-state index in [9.17, 15) is 18.0 Å². The predicted octanol–water partition coefficient (Wildman–Crippen LogP) is 14.0. The molecule has 0 aliphatic carbocycles. The second-order valence-corrected chi connectivity index (χ2v) is 43.6. The number of anilines is 1. The van der Waals surface area contributed by atoms with Crippen LogP contribution < -0.4 is 11.1 Å². The maximum atomic E-state index is 13.1. The Hall–Kier alpha value is -8.30. The standard InChI is InChI=1S/C35H44N8O3SSi.C22H28N6O3S2Si.C14H20N2O2/c1-23-18-36-34(37-27-13-12-24(2)43(19-27)35(44)46-21-26-10-8-7-9-11-26)39-31(23)29-20-42(22-45-16-17-48(4,5)6)32-28(29)14-15-30(38-32)33-41-40-25(3)47-33;1-14-11-23-22(33(3,29)30)25-19(14)17-12-28(13-31-9-10-34(4,5)6)20-16(17)7-8-18(24-20)21-27-26-15(2)32-21;1-11-7-8-13(15)9-16(11)14(17)18-10-12-5-3-2-4-6-12/h7-11,14-15,18,20,24,27H,12-13,16-17,19,21-22H2,1-6H3,(H,36,37,39);7-8,11-12H,9-10,13H2,1-6H3;2-6,11,13H,7-10,15H2,1H3/t24-,27-;;11-,13-/m0.0/s1. The van der Waals surface area contributed by atoms with Crippen molar-refractivity contribution in [2.45, 2.75) is 175 Å². The Bertz CT molecular complexity index is 4540. The Morgan fingerprint density at radius 1 is 0.590 bits per heavy atom. The van der Waals surface area contributed by atoms with E-state index in [2.05, 4.69) is 104 Å². The van der Waals surface area contributed by atoms with Crippen LogP contribution in [0.3, 0.4) is 0 Å². The SMILES string of the molecule is C[C@H]1CC[C@H](N)CN1C(=O)OCc1ccccc1.Cc1nnc(-c2ccc3c(-c4nc(N[C@H]5CC[C@H](C)N(C(=O)OCc6ccccc6)C5)ncc4C)cn(COCC[Si](C)(C)C)c3n2)s1.Cc1nnc(-c2ccc3c(-c4nc(S(C)(=O)=O)ncc4C)cn(COCC[Si](C)(C)C)c3n2)s1. The first-order valence-corrected chi connectivity index (χ1v) is 44.7. The molecule has 12 rings (SSSR count). The normalized spacial score (nSPS) is 16.6. The number of hydrogen-bond donors (Lipinski definition) is 2. The number of ether oxygens (including phenoxy) is 4. The molecule has 2 amide bonds. The summed E-state index contributed by atoms with van der Waals surface area (Å²) in [6, 6.07) is 29.9. The maximum absolute atomic E-state index is 13.1. The molecule has 0 saturated carbocycles. The van der Waals surface area contributed by atoms with Crippen LogP contribution in [0.1, 0.15) is 71.8 Å². The van der Waals surface area contributed by atoms with E-state index in [0.29, 0.717) is 63.7 Å². The number of rotatable bonds is 21. The molecule has 2 saturated heterocycles. The van der Waals surface area contributed by atoms with Crippen molar-refractivity contribution in [3.8, 4) is 43.9 Å². The van der Waals surface area contributed by atoms with Crippen molar-refractivity contribution in [3.63, 3.8) is 0 Å². The van der Waals surface area contributed by atoms with Gasteiger partial charge in [0.05, 0.1) is 11.4 Å². The summed E-state index contributed by atoms with van der Waals surface area (Å²) >= 11 is 3.01. The minimum Gasteiger partial charge on any atom is -0.445 e. The van der Waals surface area contributed by atoms with E-state index in [1.54, 1.807) is 9.80 Å². The molecule has 0 bridgehead atoms. The number of hydrogen-bond acceptors (Lipinski definition) is 22. The molecule has 0 unspecified atom stereocenters. The zero-order chi connectivity index (χ0) is 71.5. The summed E-state index contributed by atoms with van der Waals surface area (Å²) in [5.74, 6) is 0.522. The number of piperidine rings is 2. The molecule has 24 nitrogen and oxygen atoms in total. The Morgan fingerprint density at radius 3 is 1.51 bits per heavy atom. The highest BCUT2D eigenvalue weighted by molar-refractivity contribution is 7.90. The summed E-state index contributed by atoms with van der Waals surface area (Å²) in [7, 11) is -5.99. The summed E-state index contributed by atoms with van der Waals surface area (Å²) in [5.41, 5.74) is 15.7. The molecule has 2 aliphatic rings. The minimum absolute atomic E-state index is 0.0123. The van der Waals surface area contributed by atoms with Crippen molar-refractivity contribution in [2.24, 2.45) is 5.73 Å². The third-order valence-corrected chi connectivity index (χ3v) is 23.2. The number of fused-ring (bicyclic) bond motifs is 2. The molecule has 2 aliphatic heterocycles. The molecule has 0 spiro atoms. The average molecular weight is 1450 g/mol. The molecule has 100 heavy (non-hydrogen) atoms. The minimum atomic E-state index is -3.55. The van der Waals surface area contributed by atoms with Crippen molar-refractivity contribution in [1.29, 1.82) is 0 Å². The molecule has 3 N–H and O–H groups in total. The average Bonchev–Trinajstić information content (AvgIpc) is 1.62. The van der Waals surface area contributed by atoms with Crippen LogP contribution in [-0.4, -0.2) is 163 Å². The van der Waals surface area contributed by atoms with Crippen molar-refractivity contribution in [1.82, 2.24) is 69.2 Å². The molecule has 530 valence electrons. The van der Waals surface area contributed by atoms with Crippen LogP contribution >= 0.6 is 22.7 Å². The summed E-state index contributed by atoms with van der Waals surface area (Å²) in [6.45, 7) is 29.6. The number of aromatic nitrogens is 12.